The molecule has 4 amide bonds. The molecule has 1 saturated carbocycles. The lowest BCUT2D eigenvalue weighted by Gasteiger charge is -2.28. The number of halogens is 1. The van der Waals surface area contributed by atoms with E-state index in [0.29, 0.717) is 36.9 Å². The standard InChI is InChI=1S/C25H27FN4O5/c1-27-23(33)28-19-9-8-17-15(22(19)32)10-11-25(17)14-29(24(34)35-25)13-21(31)30-12-4-7-20(30)16-5-2-3-6-18(16)26/h2-3,5-6,8-9,15,20H,4,7,10-14H2,1H3,(H2,27,28,33)/t15?,20?,25-/m0/s1. The van der Waals surface area contributed by atoms with Crippen molar-refractivity contribution in [1.29, 1.82) is 0 Å². The van der Waals surface area contributed by atoms with E-state index in [-0.39, 0.29) is 42.3 Å². The molecular formula is C25H27FN4O5. The van der Waals surface area contributed by atoms with Crippen LogP contribution in [0.1, 0.15) is 37.3 Å². The lowest BCUT2D eigenvalue weighted by molar-refractivity contribution is -0.132. The van der Waals surface area contributed by atoms with E-state index >= 15 is 0 Å². The number of nitrogens with one attached hydrogen (secondary N) is 2. The van der Waals surface area contributed by atoms with E-state index in [4.69, 9.17) is 4.74 Å². The summed E-state index contributed by atoms with van der Waals surface area (Å²) < 4.78 is 20.1. The molecule has 2 aliphatic heterocycles. The first-order valence-corrected chi connectivity index (χ1v) is 11.8. The first-order chi connectivity index (χ1) is 16.8. The van der Waals surface area contributed by atoms with Crippen molar-refractivity contribution in [3.05, 3.63) is 59.1 Å². The lowest BCUT2D eigenvalue weighted by atomic mass is 9.85. The Labute approximate surface area is 202 Å². The molecule has 1 aromatic carbocycles. The maximum Gasteiger partial charge on any atom is 0.411 e. The molecule has 0 radical (unpaired) electrons. The summed E-state index contributed by atoms with van der Waals surface area (Å²) in [4.78, 5) is 53.5. The van der Waals surface area contributed by atoms with Gasteiger partial charge in [0.15, 0.2) is 11.4 Å². The zero-order chi connectivity index (χ0) is 24.7. The van der Waals surface area contributed by atoms with E-state index in [9.17, 15) is 23.6 Å². The van der Waals surface area contributed by atoms with Crippen molar-refractivity contribution >= 4 is 23.8 Å². The van der Waals surface area contributed by atoms with Gasteiger partial charge >= 0.3 is 12.1 Å². The highest BCUT2D eigenvalue weighted by Gasteiger charge is 2.56. The van der Waals surface area contributed by atoms with Crippen LogP contribution in [0.15, 0.2) is 47.7 Å². The van der Waals surface area contributed by atoms with Crippen LogP contribution < -0.4 is 10.6 Å². The number of ketones is 1. The van der Waals surface area contributed by atoms with Crippen LogP contribution in [0.4, 0.5) is 14.0 Å². The molecule has 4 aliphatic rings. The minimum atomic E-state index is -0.970. The molecule has 1 spiro atoms. The number of amides is 4. The van der Waals surface area contributed by atoms with Gasteiger partial charge in [-0.3, -0.25) is 14.5 Å². The van der Waals surface area contributed by atoms with Crippen LogP contribution in [0.3, 0.4) is 0 Å². The van der Waals surface area contributed by atoms with Crippen LogP contribution in [0.25, 0.3) is 0 Å². The Balaban J connectivity index is 1.30. The third-order valence-corrected chi connectivity index (χ3v) is 7.38. The summed E-state index contributed by atoms with van der Waals surface area (Å²) in [5.41, 5.74) is 0.401. The summed E-state index contributed by atoms with van der Waals surface area (Å²) in [6.45, 7) is 0.494. The molecule has 0 aromatic heterocycles. The Morgan fingerprint density at radius 2 is 2.00 bits per heavy atom. The van der Waals surface area contributed by atoms with E-state index in [1.54, 1.807) is 29.2 Å². The van der Waals surface area contributed by atoms with Crippen LogP contribution in [-0.2, 0) is 14.3 Å². The van der Waals surface area contributed by atoms with Gasteiger partial charge in [-0.25, -0.2) is 14.0 Å². The molecule has 2 unspecified atom stereocenters. The Bertz CT molecular complexity index is 1160. The monoisotopic (exact) mass is 482 g/mol. The van der Waals surface area contributed by atoms with Gasteiger partial charge in [0.25, 0.3) is 0 Å². The number of fused-ring (bicyclic) bond motifs is 2. The summed E-state index contributed by atoms with van der Waals surface area (Å²) >= 11 is 0. The molecule has 2 saturated heterocycles. The predicted molar refractivity (Wildman–Crippen MR) is 122 cm³/mol. The van der Waals surface area contributed by atoms with Crippen molar-refractivity contribution in [1.82, 2.24) is 20.4 Å². The molecule has 2 aliphatic carbocycles. The normalized spacial score (nSPS) is 27.5. The number of ether oxygens (including phenoxy) is 1. The number of carbonyl (C=O) groups is 4. The molecule has 9 nitrogen and oxygen atoms in total. The Hall–Kier alpha value is -3.69. The summed E-state index contributed by atoms with van der Waals surface area (Å²) in [6.07, 6.45) is 5.01. The van der Waals surface area contributed by atoms with Gasteiger partial charge in [0.05, 0.1) is 18.3 Å². The van der Waals surface area contributed by atoms with E-state index < -0.39 is 23.6 Å². The topological polar surface area (TPSA) is 108 Å². The maximum atomic E-state index is 14.4. The average Bonchev–Trinajstić information content (AvgIpc) is 3.54. The lowest BCUT2D eigenvalue weighted by Crippen LogP contribution is -2.42. The largest absolute Gasteiger partial charge is 0.436 e. The third kappa shape index (κ3) is 3.96. The minimum Gasteiger partial charge on any atom is -0.436 e. The van der Waals surface area contributed by atoms with Gasteiger partial charge in [0.1, 0.15) is 12.4 Å². The van der Waals surface area contributed by atoms with Crippen LogP contribution in [-0.4, -0.2) is 65.9 Å². The van der Waals surface area contributed by atoms with Gasteiger partial charge < -0.3 is 20.3 Å². The first-order valence-electron chi connectivity index (χ1n) is 11.8. The summed E-state index contributed by atoms with van der Waals surface area (Å²) in [6, 6.07) is 5.60. The van der Waals surface area contributed by atoms with Crippen LogP contribution in [0, 0.1) is 11.7 Å². The van der Waals surface area contributed by atoms with Crippen LogP contribution in [0.2, 0.25) is 0 Å². The van der Waals surface area contributed by atoms with Gasteiger partial charge in [-0.2, -0.15) is 0 Å². The van der Waals surface area contributed by atoms with Gasteiger partial charge in [0, 0.05) is 25.1 Å². The number of hydrogen-bond donors (Lipinski definition) is 2. The second-order valence-electron chi connectivity index (χ2n) is 9.35. The fourth-order valence-corrected chi connectivity index (χ4v) is 5.69. The van der Waals surface area contributed by atoms with Crippen molar-refractivity contribution in [2.45, 2.75) is 37.3 Å². The average molecular weight is 483 g/mol. The van der Waals surface area contributed by atoms with E-state index in [1.807, 2.05) is 0 Å². The number of allylic oxidation sites excluding steroid dienone is 3. The summed E-state index contributed by atoms with van der Waals surface area (Å²) in [5, 5.41) is 4.94. The SMILES string of the molecule is CNC(=O)NC1=CC=C2C(CC[C@]23CN(CC(=O)N2CCCC2c2ccccc2F)C(=O)O3)C1=O. The predicted octanol–water partition coefficient (Wildman–Crippen LogP) is 2.41. The van der Waals surface area contributed by atoms with Gasteiger partial charge in [-0.05, 0) is 43.4 Å². The number of likely N-dealkylation sites (tertiary alicyclic amines) is 1. The fraction of sp³-hybridized carbons (Fsp3) is 0.440. The summed E-state index contributed by atoms with van der Waals surface area (Å²) in [5.74, 6) is -1.32. The highest BCUT2D eigenvalue weighted by molar-refractivity contribution is 6.03. The zero-order valence-corrected chi connectivity index (χ0v) is 19.4. The molecule has 184 valence electrons. The molecular weight excluding hydrogens is 455 g/mol. The van der Waals surface area contributed by atoms with Crippen molar-refractivity contribution < 1.29 is 28.3 Å². The zero-order valence-electron chi connectivity index (χ0n) is 19.4. The number of benzene rings is 1. The molecule has 3 atom stereocenters. The highest BCUT2D eigenvalue weighted by Crippen LogP contribution is 2.48. The summed E-state index contributed by atoms with van der Waals surface area (Å²) in [7, 11) is 1.46. The molecule has 35 heavy (non-hydrogen) atoms. The highest BCUT2D eigenvalue weighted by atomic mass is 19.1. The van der Waals surface area contributed by atoms with Crippen LogP contribution in [0.5, 0.6) is 0 Å². The number of Topliss-reactive ketones (excluding diaryl/α,β-unsaturated/α-hetero) is 1. The Morgan fingerprint density at radius 3 is 2.77 bits per heavy atom. The molecule has 3 fully saturated rings. The molecule has 0 bridgehead atoms. The number of carbonyl (C=O) groups excluding carboxylic acids is 4. The van der Waals surface area contributed by atoms with E-state index in [2.05, 4.69) is 10.6 Å². The number of nitrogens with zero attached hydrogens (tertiary/aromatic N) is 2. The smallest absolute Gasteiger partial charge is 0.411 e. The molecule has 5 rings (SSSR count). The second-order valence-corrected chi connectivity index (χ2v) is 9.35. The molecule has 10 heteroatoms. The second kappa shape index (κ2) is 8.83. The van der Waals surface area contributed by atoms with E-state index in [1.165, 1.54) is 24.1 Å². The van der Waals surface area contributed by atoms with Crippen molar-refractivity contribution in [3.63, 3.8) is 0 Å². The van der Waals surface area contributed by atoms with Crippen molar-refractivity contribution in [2.24, 2.45) is 5.92 Å². The van der Waals surface area contributed by atoms with Crippen molar-refractivity contribution in [3.8, 4) is 0 Å². The number of rotatable bonds is 4. The third-order valence-electron chi connectivity index (χ3n) is 7.38. The van der Waals surface area contributed by atoms with Gasteiger partial charge in [-0.15, -0.1) is 0 Å². The maximum absolute atomic E-state index is 14.4. The number of hydrogen-bond acceptors (Lipinski definition) is 5. The van der Waals surface area contributed by atoms with Crippen molar-refractivity contribution in [2.75, 3.05) is 26.7 Å². The minimum absolute atomic E-state index is 0.164. The first kappa shape index (κ1) is 23.1. The fourth-order valence-electron chi connectivity index (χ4n) is 5.69. The quantitative estimate of drug-likeness (QED) is 0.685. The molecule has 1 aromatic rings. The van der Waals surface area contributed by atoms with E-state index in [0.717, 1.165) is 6.42 Å². The van der Waals surface area contributed by atoms with Gasteiger partial charge in [-0.1, -0.05) is 24.3 Å². The number of urea groups is 1. The van der Waals surface area contributed by atoms with Crippen LogP contribution >= 0.6 is 0 Å². The van der Waals surface area contributed by atoms with Gasteiger partial charge in [0.2, 0.25) is 5.91 Å². The molecule has 2 N–H and O–H groups in total. The Morgan fingerprint density at radius 1 is 1.20 bits per heavy atom. The Kier molecular flexibility index (Phi) is 5.82. The molecule has 2 heterocycles.